The lowest BCUT2D eigenvalue weighted by molar-refractivity contribution is -0.384. The van der Waals surface area contributed by atoms with Crippen molar-refractivity contribution in [1.82, 2.24) is 25.3 Å². The van der Waals surface area contributed by atoms with E-state index in [1.807, 2.05) is 0 Å². The second kappa shape index (κ2) is 9.68. The molecule has 2 heterocycles. The fraction of sp³-hybridized carbons (Fsp3) is 0.316. The molecule has 2 N–H and O–H groups in total. The number of nitrogens with one attached hydrogen (secondary N) is 2. The van der Waals surface area contributed by atoms with Crippen LogP contribution in [0.4, 0.5) is 18.9 Å². The molecule has 180 valence electrons. The smallest absolute Gasteiger partial charge is 0.471 e. The highest BCUT2D eigenvalue weighted by atomic mass is 19.4. The third-order valence-electron chi connectivity index (χ3n) is 4.28. The molecular weight excluding hydrogens is 465 g/mol. The molecule has 0 aliphatic heterocycles. The Bertz CT molecular complexity index is 1260. The SMILES string of the molecule is CCOC(=O)c1nc2cc(-c3ncc(CNC(=O)C(F)(F)F)[nH]3)c([N+](=O)[O-])cc2nc1OCC. The number of amides is 1. The minimum absolute atomic E-state index is 0.0520. The first kappa shape index (κ1) is 24.3. The van der Waals surface area contributed by atoms with Crippen LogP contribution < -0.4 is 10.1 Å². The fourth-order valence-electron chi connectivity index (χ4n) is 2.85. The molecule has 3 rings (SSSR count). The first-order chi connectivity index (χ1) is 16.0. The number of rotatable bonds is 8. The van der Waals surface area contributed by atoms with E-state index in [-0.39, 0.29) is 52.9 Å². The molecule has 2 aromatic heterocycles. The summed E-state index contributed by atoms with van der Waals surface area (Å²) in [6.07, 6.45) is -3.94. The average molecular weight is 482 g/mol. The summed E-state index contributed by atoms with van der Waals surface area (Å²) < 4.78 is 47.4. The van der Waals surface area contributed by atoms with Gasteiger partial charge >= 0.3 is 18.1 Å². The van der Waals surface area contributed by atoms with Crippen LogP contribution >= 0.6 is 0 Å². The van der Waals surface area contributed by atoms with Gasteiger partial charge in [-0.1, -0.05) is 0 Å². The summed E-state index contributed by atoms with van der Waals surface area (Å²) >= 11 is 0. The summed E-state index contributed by atoms with van der Waals surface area (Å²) in [4.78, 5) is 49.1. The van der Waals surface area contributed by atoms with Crippen molar-refractivity contribution in [3.8, 4) is 17.3 Å². The number of nitrogens with zero attached hydrogens (tertiary/aromatic N) is 4. The van der Waals surface area contributed by atoms with E-state index in [9.17, 15) is 32.9 Å². The molecule has 15 heteroatoms. The van der Waals surface area contributed by atoms with Crippen LogP contribution in [0.3, 0.4) is 0 Å². The zero-order valence-electron chi connectivity index (χ0n) is 17.7. The van der Waals surface area contributed by atoms with Gasteiger partial charge in [-0.3, -0.25) is 14.9 Å². The van der Waals surface area contributed by atoms with Crippen molar-refractivity contribution in [2.75, 3.05) is 13.2 Å². The Hall–Kier alpha value is -4.30. The Morgan fingerprint density at radius 3 is 2.50 bits per heavy atom. The largest absolute Gasteiger partial charge is 0.476 e. The van der Waals surface area contributed by atoms with E-state index >= 15 is 0 Å². The number of benzene rings is 1. The molecule has 1 amide bonds. The van der Waals surface area contributed by atoms with Crippen LogP contribution in [0.1, 0.15) is 30.0 Å². The Labute approximate surface area is 188 Å². The van der Waals surface area contributed by atoms with Gasteiger partial charge < -0.3 is 19.8 Å². The third kappa shape index (κ3) is 5.19. The lowest BCUT2D eigenvalue weighted by atomic mass is 10.1. The number of nitro groups is 1. The number of fused-ring (bicyclic) bond motifs is 1. The number of carbonyl (C=O) groups is 2. The lowest BCUT2D eigenvalue weighted by Crippen LogP contribution is -2.36. The fourth-order valence-corrected chi connectivity index (χ4v) is 2.85. The molecule has 12 nitrogen and oxygen atoms in total. The maximum atomic E-state index is 12.4. The van der Waals surface area contributed by atoms with Gasteiger partial charge in [0.15, 0.2) is 0 Å². The molecule has 0 atom stereocenters. The molecule has 0 aliphatic rings. The number of esters is 1. The molecule has 3 aromatic rings. The molecule has 0 saturated heterocycles. The molecule has 0 saturated carbocycles. The topological polar surface area (TPSA) is 162 Å². The first-order valence-corrected chi connectivity index (χ1v) is 9.74. The number of imidazole rings is 1. The Morgan fingerprint density at radius 2 is 1.88 bits per heavy atom. The van der Waals surface area contributed by atoms with Crippen LogP contribution in [0.2, 0.25) is 0 Å². The van der Waals surface area contributed by atoms with Crippen molar-refractivity contribution in [3.63, 3.8) is 0 Å². The maximum Gasteiger partial charge on any atom is 0.471 e. The van der Waals surface area contributed by atoms with Gasteiger partial charge in [0.05, 0.1) is 53.2 Å². The summed E-state index contributed by atoms with van der Waals surface area (Å²) in [5.74, 6) is -3.18. The molecule has 34 heavy (non-hydrogen) atoms. The Morgan fingerprint density at radius 1 is 1.18 bits per heavy atom. The standard InChI is InChI=1S/C19H17F3N6O6/c1-3-33-16-14(17(29)34-4-2)26-11-5-10(13(28(31)32)6-12(11)27-16)15-23-7-9(25-15)8-24-18(30)19(20,21)22/h5-7H,3-4,8H2,1-2H3,(H,23,25)(H,24,30). The van der Waals surface area contributed by atoms with Crippen LogP contribution in [-0.4, -0.2) is 56.1 Å². The second-order valence-electron chi connectivity index (χ2n) is 6.58. The van der Waals surface area contributed by atoms with E-state index in [0.717, 1.165) is 12.3 Å². The van der Waals surface area contributed by atoms with Crippen molar-refractivity contribution in [3.05, 3.63) is 39.8 Å². The maximum absolute atomic E-state index is 12.4. The van der Waals surface area contributed by atoms with Crippen molar-refractivity contribution >= 4 is 28.6 Å². The van der Waals surface area contributed by atoms with E-state index in [1.54, 1.807) is 19.2 Å². The Balaban J connectivity index is 2.05. The minimum Gasteiger partial charge on any atom is -0.476 e. The number of carbonyl (C=O) groups excluding carboxylic acids is 2. The van der Waals surface area contributed by atoms with E-state index in [2.05, 4.69) is 19.9 Å². The molecule has 0 unspecified atom stereocenters. The van der Waals surface area contributed by atoms with E-state index < -0.39 is 35.2 Å². The zero-order valence-corrected chi connectivity index (χ0v) is 17.7. The summed E-state index contributed by atoms with van der Waals surface area (Å²) in [5.41, 5.74) is -0.544. The van der Waals surface area contributed by atoms with Crippen molar-refractivity contribution in [2.45, 2.75) is 26.6 Å². The first-order valence-electron chi connectivity index (χ1n) is 9.74. The number of alkyl halides is 3. The summed E-state index contributed by atoms with van der Waals surface area (Å²) in [6.45, 7) is 2.91. The summed E-state index contributed by atoms with van der Waals surface area (Å²) in [6, 6.07) is 2.35. The van der Waals surface area contributed by atoms with Crippen LogP contribution in [0.15, 0.2) is 18.3 Å². The number of nitro benzene ring substituents is 1. The molecule has 0 bridgehead atoms. The van der Waals surface area contributed by atoms with Gasteiger partial charge in [-0.05, 0) is 19.9 Å². The van der Waals surface area contributed by atoms with Gasteiger partial charge in [-0.15, -0.1) is 0 Å². The van der Waals surface area contributed by atoms with Gasteiger partial charge in [0.1, 0.15) is 5.82 Å². The van der Waals surface area contributed by atoms with Gasteiger partial charge in [0, 0.05) is 6.07 Å². The quantitative estimate of drug-likeness (QED) is 0.279. The number of H-pyrrole nitrogens is 1. The average Bonchev–Trinajstić information content (AvgIpc) is 3.24. The van der Waals surface area contributed by atoms with Crippen LogP contribution in [-0.2, 0) is 16.1 Å². The van der Waals surface area contributed by atoms with Crippen LogP contribution in [0.5, 0.6) is 5.88 Å². The number of ether oxygens (including phenoxy) is 2. The van der Waals surface area contributed by atoms with E-state index in [0.29, 0.717) is 0 Å². The number of aromatic nitrogens is 4. The Kier molecular flexibility index (Phi) is 6.93. The van der Waals surface area contributed by atoms with Crippen LogP contribution in [0, 0.1) is 10.1 Å². The van der Waals surface area contributed by atoms with E-state index in [4.69, 9.17) is 9.47 Å². The molecule has 0 radical (unpaired) electrons. The highest BCUT2D eigenvalue weighted by molar-refractivity contribution is 5.94. The highest BCUT2D eigenvalue weighted by Crippen LogP contribution is 2.33. The number of halogens is 3. The predicted octanol–water partition coefficient (Wildman–Crippen LogP) is 2.68. The lowest BCUT2D eigenvalue weighted by Gasteiger charge is -2.10. The highest BCUT2D eigenvalue weighted by Gasteiger charge is 2.38. The monoisotopic (exact) mass is 482 g/mol. The van der Waals surface area contributed by atoms with Crippen LogP contribution in [0.25, 0.3) is 22.4 Å². The molecule has 0 fully saturated rings. The number of aromatic amines is 1. The van der Waals surface area contributed by atoms with Gasteiger partial charge in [0.25, 0.3) is 5.69 Å². The molecule has 1 aromatic carbocycles. The molecule has 0 aliphatic carbocycles. The number of hydrogen-bond donors (Lipinski definition) is 2. The van der Waals surface area contributed by atoms with Crippen molar-refractivity contribution in [2.24, 2.45) is 0 Å². The molecule has 0 spiro atoms. The summed E-state index contributed by atoms with van der Waals surface area (Å²) in [5, 5.41) is 13.3. The van der Waals surface area contributed by atoms with E-state index in [1.165, 1.54) is 6.07 Å². The van der Waals surface area contributed by atoms with Gasteiger partial charge in [-0.25, -0.2) is 19.7 Å². The second-order valence-corrected chi connectivity index (χ2v) is 6.58. The normalized spacial score (nSPS) is 11.3. The zero-order chi connectivity index (χ0) is 25.0. The predicted molar refractivity (Wildman–Crippen MR) is 109 cm³/mol. The molecular formula is C19H17F3N6O6. The minimum atomic E-state index is -5.06. The van der Waals surface area contributed by atoms with Crippen molar-refractivity contribution < 1.29 is 37.2 Å². The number of hydrogen-bond acceptors (Lipinski definition) is 9. The van der Waals surface area contributed by atoms with Gasteiger partial charge in [-0.2, -0.15) is 13.2 Å². The van der Waals surface area contributed by atoms with Crippen molar-refractivity contribution in [1.29, 1.82) is 0 Å². The van der Waals surface area contributed by atoms with Gasteiger partial charge in [0.2, 0.25) is 11.6 Å². The summed E-state index contributed by atoms with van der Waals surface area (Å²) in [7, 11) is 0. The third-order valence-corrected chi connectivity index (χ3v) is 4.28.